The van der Waals surface area contributed by atoms with E-state index in [1.54, 1.807) is 24.4 Å². The van der Waals surface area contributed by atoms with Crippen molar-refractivity contribution < 1.29 is 9.66 Å². The summed E-state index contributed by atoms with van der Waals surface area (Å²) in [4.78, 5) is 14.2. The zero-order valence-electron chi connectivity index (χ0n) is 10.5. The molecule has 1 aromatic carbocycles. The largest absolute Gasteiger partial charge is 0.481 e. The number of benzene rings is 1. The van der Waals surface area contributed by atoms with Crippen LogP contribution in [0.25, 0.3) is 0 Å². The SMILES string of the molecule is COc1ccc(Nc2ccc([N+](=O)[O-])c(C#N)c2)cn1. The smallest absolute Gasteiger partial charge is 0.287 e. The summed E-state index contributed by atoms with van der Waals surface area (Å²) in [5.74, 6) is 0.483. The fourth-order valence-electron chi connectivity index (χ4n) is 1.60. The Morgan fingerprint density at radius 1 is 1.35 bits per heavy atom. The third kappa shape index (κ3) is 2.81. The van der Waals surface area contributed by atoms with Gasteiger partial charge in [-0.2, -0.15) is 5.26 Å². The molecular weight excluding hydrogens is 260 g/mol. The van der Waals surface area contributed by atoms with Crippen LogP contribution in [0.4, 0.5) is 17.1 Å². The van der Waals surface area contributed by atoms with E-state index in [0.717, 1.165) is 0 Å². The second-order valence-corrected chi connectivity index (χ2v) is 3.82. The molecule has 0 aliphatic carbocycles. The van der Waals surface area contributed by atoms with Gasteiger partial charge in [0.1, 0.15) is 11.6 Å². The number of hydrogen-bond acceptors (Lipinski definition) is 6. The molecule has 0 spiro atoms. The van der Waals surface area contributed by atoms with Crippen molar-refractivity contribution in [3.05, 3.63) is 52.2 Å². The minimum Gasteiger partial charge on any atom is -0.481 e. The van der Waals surface area contributed by atoms with Crippen LogP contribution in [0.3, 0.4) is 0 Å². The number of ether oxygens (including phenoxy) is 1. The normalized spacial score (nSPS) is 9.60. The van der Waals surface area contributed by atoms with Gasteiger partial charge >= 0.3 is 0 Å². The molecule has 100 valence electrons. The first-order valence-corrected chi connectivity index (χ1v) is 5.59. The van der Waals surface area contributed by atoms with Crippen LogP contribution in [-0.4, -0.2) is 17.0 Å². The van der Waals surface area contributed by atoms with Crippen LogP contribution in [0.15, 0.2) is 36.5 Å². The molecular formula is C13H10N4O3. The summed E-state index contributed by atoms with van der Waals surface area (Å²) in [6.45, 7) is 0. The quantitative estimate of drug-likeness (QED) is 0.676. The van der Waals surface area contributed by atoms with Gasteiger partial charge < -0.3 is 10.1 Å². The fraction of sp³-hybridized carbons (Fsp3) is 0.0769. The van der Waals surface area contributed by atoms with E-state index in [-0.39, 0.29) is 11.3 Å². The molecule has 0 aliphatic rings. The van der Waals surface area contributed by atoms with Gasteiger partial charge in [-0.1, -0.05) is 0 Å². The van der Waals surface area contributed by atoms with Gasteiger partial charge in [0.15, 0.2) is 0 Å². The van der Waals surface area contributed by atoms with E-state index in [9.17, 15) is 10.1 Å². The van der Waals surface area contributed by atoms with Gasteiger partial charge in [0.2, 0.25) is 5.88 Å². The lowest BCUT2D eigenvalue weighted by Crippen LogP contribution is -1.96. The Hall–Kier alpha value is -3.14. The van der Waals surface area contributed by atoms with E-state index in [4.69, 9.17) is 10.00 Å². The molecule has 2 aromatic rings. The van der Waals surface area contributed by atoms with Crippen molar-refractivity contribution in [1.29, 1.82) is 5.26 Å². The number of rotatable bonds is 4. The molecule has 1 heterocycles. The molecule has 0 fully saturated rings. The molecule has 0 saturated heterocycles. The number of methoxy groups -OCH3 is 1. The second kappa shape index (κ2) is 5.67. The van der Waals surface area contributed by atoms with Gasteiger partial charge in [0.25, 0.3) is 5.69 Å². The van der Waals surface area contributed by atoms with E-state index in [0.29, 0.717) is 17.3 Å². The van der Waals surface area contributed by atoms with Crippen molar-refractivity contribution >= 4 is 17.1 Å². The number of aromatic nitrogens is 1. The molecule has 0 unspecified atom stereocenters. The molecule has 0 amide bonds. The lowest BCUT2D eigenvalue weighted by molar-refractivity contribution is -0.385. The average Bonchev–Trinajstić information content (AvgIpc) is 2.47. The third-order valence-corrected chi connectivity index (χ3v) is 2.55. The van der Waals surface area contributed by atoms with Gasteiger partial charge in [0, 0.05) is 17.8 Å². The number of nitro benzene ring substituents is 1. The highest BCUT2D eigenvalue weighted by molar-refractivity contribution is 5.64. The molecule has 0 bridgehead atoms. The molecule has 0 radical (unpaired) electrons. The van der Waals surface area contributed by atoms with Crippen molar-refractivity contribution in [2.45, 2.75) is 0 Å². The average molecular weight is 270 g/mol. The van der Waals surface area contributed by atoms with Crippen molar-refractivity contribution in [3.8, 4) is 11.9 Å². The van der Waals surface area contributed by atoms with Gasteiger partial charge in [-0.3, -0.25) is 10.1 Å². The van der Waals surface area contributed by atoms with Crippen LogP contribution in [0.1, 0.15) is 5.56 Å². The van der Waals surface area contributed by atoms with Gasteiger partial charge in [-0.05, 0) is 18.2 Å². The summed E-state index contributed by atoms with van der Waals surface area (Å²) in [7, 11) is 1.52. The Labute approximate surface area is 114 Å². The van der Waals surface area contributed by atoms with Crippen molar-refractivity contribution in [1.82, 2.24) is 4.98 Å². The predicted octanol–water partition coefficient (Wildman–Crippen LogP) is 2.61. The molecule has 2 rings (SSSR count). The number of nitro groups is 1. The highest BCUT2D eigenvalue weighted by Crippen LogP contribution is 2.24. The molecule has 7 heteroatoms. The van der Waals surface area contributed by atoms with Crippen molar-refractivity contribution in [3.63, 3.8) is 0 Å². The Kier molecular flexibility index (Phi) is 3.77. The highest BCUT2D eigenvalue weighted by atomic mass is 16.6. The molecule has 0 atom stereocenters. The zero-order chi connectivity index (χ0) is 14.5. The molecule has 20 heavy (non-hydrogen) atoms. The lowest BCUT2D eigenvalue weighted by Gasteiger charge is -2.07. The first-order chi connectivity index (χ1) is 9.63. The molecule has 7 nitrogen and oxygen atoms in total. The standard InChI is InChI=1S/C13H10N4O3/c1-20-13-5-3-11(8-15-13)16-10-2-4-12(17(18)19)9(6-10)7-14/h2-6,8,16H,1H3. The molecule has 1 N–H and O–H groups in total. The van der Waals surface area contributed by atoms with Crippen LogP contribution in [0.5, 0.6) is 5.88 Å². The topological polar surface area (TPSA) is 101 Å². The summed E-state index contributed by atoms with van der Waals surface area (Å²) in [6, 6.07) is 9.47. The number of hydrogen-bond donors (Lipinski definition) is 1. The lowest BCUT2D eigenvalue weighted by atomic mass is 10.1. The van der Waals surface area contributed by atoms with Gasteiger partial charge in [-0.25, -0.2) is 4.98 Å². The van der Waals surface area contributed by atoms with Crippen LogP contribution in [-0.2, 0) is 0 Å². The summed E-state index contributed by atoms with van der Waals surface area (Å²) >= 11 is 0. The minimum atomic E-state index is -0.586. The number of nitrogens with zero attached hydrogens (tertiary/aromatic N) is 3. The Morgan fingerprint density at radius 2 is 2.10 bits per heavy atom. The zero-order valence-corrected chi connectivity index (χ0v) is 10.5. The maximum atomic E-state index is 10.7. The van der Waals surface area contributed by atoms with E-state index in [1.165, 1.54) is 25.3 Å². The Morgan fingerprint density at radius 3 is 2.65 bits per heavy atom. The van der Waals surface area contributed by atoms with E-state index in [1.807, 2.05) is 0 Å². The number of nitriles is 1. The number of pyridine rings is 1. The summed E-state index contributed by atoms with van der Waals surface area (Å²) in [6.07, 6.45) is 1.56. The summed E-state index contributed by atoms with van der Waals surface area (Å²) < 4.78 is 4.94. The van der Waals surface area contributed by atoms with Crippen LogP contribution in [0.2, 0.25) is 0 Å². The summed E-state index contributed by atoms with van der Waals surface area (Å²) in [5.41, 5.74) is 1.04. The maximum Gasteiger partial charge on any atom is 0.287 e. The predicted molar refractivity (Wildman–Crippen MR) is 71.9 cm³/mol. The first kappa shape index (κ1) is 13.3. The monoisotopic (exact) mass is 270 g/mol. The molecule has 0 saturated carbocycles. The number of anilines is 2. The molecule has 0 aliphatic heterocycles. The maximum absolute atomic E-state index is 10.7. The van der Waals surface area contributed by atoms with Crippen LogP contribution >= 0.6 is 0 Å². The highest BCUT2D eigenvalue weighted by Gasteiger charge is 2.13. The van der Waals surface area contributed by atoms with Crippen molar-refractivity contribution in [2.24, 2.45) is 0 Å². The van der Waals surface area contributed by atoms with Crippen molar-refractivity contribution in [2.75, 3.05) is 12.4 Å². The van der Waals surface area contributed by atoms with Gasteiger partial charge in [0.05, 0.1) is 23.9 Å². The first-order valence-electron chi connectivity index (χ1n) is 5.59. The van der Waals surface area contributed by atoms with Gasteiger partial charge in [-0.15, -0.1) is 0 Å². The van der Waals surface area contributed by atoms with Crippen LogP contribution in [0, 0.1) is 21.4 Å². The van der Waals surface area contributed by atoms with Crippen LogP contribution < -0.4 is 10.1 Å². The molecule has 1 aromatic heterocycles. The third-order valence-electron chi connectivity index (χ3n) is 2.55. The second-order valence-electron chi connectivity index (χ2n) is 3.82. The summed E-state index contributed by atoms with van der Waals surface area (Å²) in [5, 5.41) is 22.7. The Bertz CT molecular complexity index is 677. The fourth-order valence-corrected chi connectivity index (χ4v) is 1.60. The minimum absolute atomic E-state index is 0.00136. The van der Waals surface area contributed by atoms with E-state index in [2.05, 4.69) is 10.3 Å². The van der Waals surface area contributed by atoms with E-state index >= 15 is 0 Å². The number of nitrogens with one attached hydrogen (secondary N) is 1. The Balaban J connectivity index is 2.25. The van der Waals surface area contributed by atoms with E-state index < -0.39 is 4.92 Å².